The van der Waals surface area contributed by atoms with E-state index in [1.807, 2.05) is 20.2 Å². The van der Waals surface area contributed by atoms with Crippen LogP contribution in [0.1, 0.15) is 30.7 Å². The standard InChI is InChI=1S/C15H20FNO/c1-17(2)10-12-6-7-14(18)9-15(12)11-4-3-5-13(16)8-11/h3-5,8,12,15H,6-7,9-10H2,1-2H3. The van der Waals surface area contributed by atoms with Crippen molar-refractivity contribution in [2.24, 2.45) is 5.92 Å². The number of hydrogen-bond acceptors (Lipinski definition) is 2. The average molecular weight is 249 g/mol. The highest BCUT2D eigenvalue weighted by atomic mass is 19.1. The van der Waals surface area contributed by atoms with Crippen LogP contribution in [0.25, 0.3) is 0 Å². The monoisotopic (exact) mass is 249 g/mol. The van der Waals surface area contributed by atoms with E-state index in [4.69, 9.17) is 0 Å². The molecule has 1 aliphatic rings. The van der Waals surface area contributed by atoms with Crippen LogP contribution in [0.2, 0.25) is 0 Å². The van der Waals surface area contributed by atoms with Crippen molar-refractivity contribution in [3.63, 3.8) is 0 Å². The first kappa shape index (κ1) is 13.2. The summed E-state index contributed by atoms with van der Waals surface area (Å²) in [5.74, 6) is 0.706. The smallest absolute Gasteiger partial charge is 0.133 e. The lowest BCUT2D eigenvalue weighted by Gasteiger charge is -2.33. The highest BCUT2D eigenvalue weighted by Gasteiger charge is 2.30. The summed E-state index contributed by atoms with van der Waals surface area (Å²) in [5.41, 5.74) is 0.968. The van der Waals surface area contributed by atoms with Gasteiger partial charge in [0.1, 0.15) is 11.6 Å². The molecular weight excluding hydrogens is 229 g/mol. The van der Waals surface area contributed by atoms with E-state index in [0.717, 1.165) is 18.5 Å². The fraction of sp³-hybridized carbons (Fsp3) is 0.533. The first-order valence-electron chi connectivity index (χ1n) is 6.48. The van der Waals surface area contributed by atoms with Gasteiger partial charge in [-0.2, -0.15) is 0 Å². The molecule has 0 spiro atoms. The highest BCUT2D eigenvalue weighted by Crippen LogP contribution is 2.36. The van der Waals surface area contributed by atoms with Gasteiger partial charge in [0, 0.05) is 19.4 Å². The molecule has 1 aliphatic carbocycles. The fourth-order valence-electron chi connectivity index (χ4n) is 2.88. The summed E-state index contributed by atoms with van der Waals surface area (Å²) in [7, 11) is 4.08. The van der Waals surface area contributed by atoms with Gasteiger partial charge >= 0.3 is 0 Å². The second kappa shape index (κ2) is 5.61. The number of hydrogen-bond donors (Lipinski definition) is 0. The second-order valence-electron chi connectivity index (χ2n) is 5.47. The van der Waals surface area contributed by atoms with E-state index in [1.165, 1.54) is 6.07 Å². The Morgan fingerprint density at radius 3 is 2.83 bits per heavy atom. The van der Waals surface area contributed by atoms with Crippen molar-refractivity contribution in [1.29, 1.82) is 0 Å². The summed E-state index contributed by atoms with van der Waals surface area (Å²) in [4.78, 5) is 13.8. The quantitative estimate of drug-likeness (QED) is 0.821. The minimum Gasteiger partial charge on any atom is -0.309 e. The molecule has 0 amide bonds. The molecule has 1 aromatic rings. The van der Waals surface area contributed by atoms with Crippen LogP contribution < -0.4 is 0 Å². The van der Waals surface area contributed by atoms with Crippen LogP contribution in [0.4, 0.5) is 4.39 Å². The molecule has 0 aliphatic heterocycles. The first-order chi connectivity index (χ1) is 8.56. The van der Waals surface area contributed by atoms with E-state index >= 15 is 0 Å². The van der Waals surface area contributed by atoms with Gasteiger partial charge in [-0.25, -0.2) is 4.39 Å². The number of benzene rings is 1. The van der Waals surface area contributed by atoms with Gasteiger partial charge in [0.05, 0.1) is 0 Å². The number of Topliss-reactive ketones (excluding diaryl/α,β-unsaturated/α-hetero) is 1. The molecule has 98 valence electrons. The lowest BCUT2D eigenvalue weighted by atomic mass is 9.74. The molecule has 0 N–H and O–H groups in total. The minimum absolute atomic E-state index is 0.171. The Morgan fingerprint density at radius 2 is 2.17 bits per heavy atom. The Bertz CT molecular complexity index is 430. The first-order valence-corrected chi connectivity index (χ1v) is 6.48. The summed E-state index contributed by atoms with van der Waals surface area (Å²) >= 11 is 0. The number of carbonyl (C=O) groups excluding carboxylic acids is 1. The van der Waals surface area contributed by atoms with Gasteiger partial charge in [-0.1, -0.05) is 12.1 Å². The third kappa shape index (κ3) is 3.16. The van der Waals surface area contributed by atoms with Crippen LogP contribution >= 0.6 is 0 Å². The summed E-state index contributed by atoms with van der Waals surface area (Å²) in [6, 6.07) is 6.70. The lowest BCUT2D eigenvalue weighted by Crippen LogP contribution is -2.31. The maximum absolute atomic E-state index is 13.3. The van der Waals surface area contributed by atoms with Crippen molar-refractivity contribution in [2.75, 3.05) is 20.6 Å². The SMILES string of the molecule is CN(C)CC1CCC(=O)CC1c1cccc(F)c1. The minimum atomic E-state index is -0.214. The lowest BCUT2D eigenvalue weighted by molar-refractivity contribution is -0.121. The van der Waals surface area contributed by atoms with Crippen LogP contribution in [0.5, 0.6) is 0 Å². The Labute approximate surface area is 108 Å². The molecule has 2 rings (SSSR count). The van der Waals surface area contributed by atoms with Crippen molar-refractivity contribution < 1.29 is 9.18 Å². The summed E-state index contributed by atoms with van der Waals surface area (Å²) in [6.45, 7) is 0.953. The zero-order valence-corrected chi connectivity index (χ0v) is 11.0. The van der Waals surface area contributed by atoms with Crippen LogP contribution in [0.3, 0.4) is 0 Å². The number of nitrogens with zero attached hydrogens (tertiary/aromatic N) is 1. The largest absolute Gasteiger partial charge is 0.309 e. The molecule has 1 fully saturated rings. The van der Waals surface area contributed by atoms with Gasteiger partial charge in [0.25, 0.3) is 0 Å². The molecule has 0 radical (unpaired) electrons. The molecule has 0 bridgehead atoms. The normalized spacial score (nSPS) is 24.6. The summed E-state index contributed by atoms with van der Waals surface area (Å²) in [6.07, 6.45) is 2.14. The third-order valence-electron chi connectivity index (χ3n) is 3.69. The fourth-order valence-corrected chi connectivity index (χ4v) is 2.88. The maximum Gasteiger partial charge on any atom is 0.133 e. The van der Waals surface area contributed by atoms with Crippen LogP contribution in [-0.2, 0) is 4.79 Å². The predicted octanol–water partition coefficient (Wildman–Crippen LogP) is 2.84. The molecule has 0 heterocycles. The molecule has 3 heteroatoms. The average Bonchev–Trinajstić information content (AvgIpc) is 2.31. The van der Waals surface area contributed by atoms with Gasteiger partial charge < -0.3 is 4.90 Å². The van der Waals surface area contributed by atoms with Gasteiger partial charge in [-0.15, -0.1) is 0 Å². The molecule has 1 saturated carbocycles. The Balaban J connectivity index is 2.22. The van der Waals surface area contributed by atoms with Crippen molar-refractivity contribution in [2.45, 2.75) is 25.2 Å². The zero-order valence-electron chi connectivity index (χ0n) is 11.0. The van der Waals surface area contributed by atoms with Gasteiger partial charge in [-0.3, -0.25) is 4.79 Å². The van der Waals surface area contributed by atoms with E-state index in [2.05, 4.69) is 4.90 Å². The Kier molecular flexibility index (Phi) is 4.12. The van der Waals surface area contributed by atoms with Crippen LogP contribution in [0.15, 0.2) is 24.3 Å². The molecule has 0 aromatic heterocycles. The molecule has 0 saturated heterocycles. The third-order valence-corrected chi connectivity index (χ3v) is 3.69. The van der Waals surface area contributed by atoms with E-state index in [1.54, 1.807) is 12.1 Å². The van der Waals surface area contributed by atoms with E-state index in [9.17, 15) is 9.18 Å². The molecule has 1 aromatic carbocycles. The summed E-state index contributed by atoms with van der Waals surface area (Å²) in [5, 5.41) is 0. The number of rotatable bonds is 3. The molecule has 2 nitrogen and oxygen atoms in total. The number of ketones is 1. The van der Waals surface area contributed by atoms with Crippen molar-refractivity contribution in [1.82, 2.24) is 4.90 Å². The Morgan fingerprint density at radius 1 is 1.39 bits per heavy atom. The van der Waals surface area contributed by atoms with Crippen LogP contribution in [-0.4, -0.2) is 31.3 Å². The van der Waals surface area contributed by atoms with E-state index in [0.29, 0.717) is 24.5 Å². The molecule has 2 atom stereocenters. The summed E-state index contributed by atoms with van der Waals surface area (Å²) < 4.78 is 13.3. The van der Waals surface area contributed by atoms with Crippen molar-refractivity contribution in [3.8, 4) is 0 Å². The van der Waals surface area contributed by atoms with Crippen LogP contribution in [0, 0.1) is 11.7 Å². The van der Waals surface area contributed by atoms with Gasteiger partial charge in [0.2, 0.25) is 0 Å². The van der Waals surface area contributed by atoms with E-state index in [-0.39, 0.29) is 11.7 Å². The second-order valence-corrected chi connectivity index (χ2v) is 5.47. The van der Waals surface area contributed by atoms with Gasteiger partial charge in [0.15, 0.2) is 0 Å². The topological polar surface area (TPSA) is 20.3 Å². The highest BCUT2D eigenvalue weighted by molar-refractivity contribution is 5.80. The Hall–Kier alpha value is -1.22. The number of halogens is 1. The molecule has 2 unspecified atom stereocenters. The zero-order chi connectivity index (χ0) is 13.1. The van der Waals surface area contributed by atoms with Crippen molar-refractivity contribution >= 4 is 5.78 Å². The molecular formula is C15H20FNO. The van der Waals surface area contributed by atoms with E-state index < -0.39 is 0 Å². The maximum atomic E-state index is 13.3. The molecule has 18 heavy (non-hydrogen) atoms. The number of carbonyl (C=O) groups is 1. The predicted molar refractivity (Wildman–Crippen MR) is 70.0 cm³/mol. The van der Waals surface area contributed by atoms with Gasteiger partial charge in [-0.05, 0) is 50.0 Å². The van der Waals surface area contributed by atoms with Crippen molar-refractivity contribution in [3.05, 3.63) is 35.6 Å².